The van der Waals surface area contributed by atoms with Gasteiger partial charge in [0.2, 0.25) is 0 Å². The monoisotopic (exact) mass is 452 g/mol. The highest BCUT2D eigenvalue weighted by atomic mass is 32.2. The standard InChI is InChI=1S/C24H24N2O5S/c1-16-7-9-23(10-8-16)32(30,31)25-24-12-18(3)17(2)11-20(24)15-22(27)14-19-5-4-6-21(13-19)26(28)29/h4-13,25H,14-15H2,1-3H3. The second-order valence-electron chi connectivity index (χ2n) is 7.83. The van der Waals surface area contributed by atoms with E-state index in [1.165, 1.54) is 30.3 Å². The lowest BCUT2D eigenvalue weighted by Gasteiger charge is -2.15. The van der Waals surface area contributed by atoms with E-state index < -0.39 is 14.9 Å². The lowest BCUT2D eigenvalue weighted by molar-refractivity contribution is -0.384. The predicted octanol–water partition coefficient (Wildman–Crippen LogP) is 4.68. The van der Waals surface area contributed by atoms with Gasteiger partial charge in [-0.2, -0.15) is 0 Å². The molecule has 0 unspecified atom stereocenters. The number of benzene rings is 3. The molecule has 166 valence electrons. The molecule has 8 heteroatoms. The predicted molar refractivity (Wildman–Crippen MR) is 123 cm³/mol. The number of nitrogens with one attached hydrogen (secondary N) is 1. The van der Waals surface area contributed by atoms with Gasteiger partial charge in [0.1, 0.15) is 5.78 Å². The number of nitro benzene ring substituents is 1. The summed E-state index contributed by atoms with van der Waals surface area (Å²) in [4.78, 5) is 23.3. The van der Waals surface area contributed by atoms with E-state index in [-0.39, 0.29) is 29.2 Å². The Kier molecular flexibility index (Phi) is 6.74. The number of ketones is 1. The van der Waals surface area contributed by atoms with Crippen molar-refractivity contribution in [3.63, 3.8) is 0 Å². The first-order valence-electron chi connectivity index (χ1n) is 10.00. The van der Waals surface area contributed by atoms with Gasteiger partial charge in [0, 0.05) is 25.0 Å². The average molecular weight is 453 g/mol. The Morgan fingerprint density at radius 1 is 0.938 bits per heavy atom. The molecule has 3 rings (SSSR count). The Hall–Kier alpha value is -3.52. The summed E-state index contributed by atoms with van der Waals surface area (Å²) < 4.78 is 28.4. The fourth-order valence-corrected chi connectivity index (χ4v) is 4.41. The first kappa shape index (κ1) is 23.1. The Labute approximate surface area is 187 Å². The van der Waals surface area contributed by atoms with Crippen molar-refractivity contribution in [2.24, 2.45) is 0 Å². The molecule has 3 aromatic carbocycles. The number of rotatable bonds is 8. The molecule has 0 aromatic heterocycles. The SMILES string of the molecule is Cc1ccc(S(=O)(=O)Nc2cc(C)c(C)cc2CC(=O)Cc2cccc([N+](=O)[O-])c2)cc1. The molecule has 0 saturated carbocycles. The maximum absolute atomic E-state index is 12.9. The van der Waals surface area contributed by atoms with Crippen LogP contribution in [-0.4, -0.2) is 19.1 Å². The molecule has 0 aliphatic heterocycles. The molecule has 0 saturated heterocycles. The molecular weight excluding hydrogens is 428 g/mol. The summed E-state index contributed by atoms with van der Waals surface area (Å²) in [5.74, 6) is -0.176. The van der Waals surface area contributed by atoms with Crippen molar-refractivity contribution in [1.29, 1.82) is 0 Å². The van der Waals surface area contributed by atoms with E-state index in [0.29, 0.717) is 16.8 Å². The number of nitrogens with zero attached hydrogens (tertiary/aromatic N) is 1. The second kappa shape index (κ2) is 9.32. The number of carbonyl (C=O) groups excluding carboxylic acids is 1. The average Bonchev–Trinajstić information content (AvgIpc) is 2.72. The third-order valence-electron chi connectivity index (χ3n) is 5.21. The topological polar surface area (TPSA) is 106 Å². The van der Waals surface area contributed by atoms with Gasteiger partial charge in [-0.15, -0.1) is 0 Å². The van der Waals surface area contributed by atoms with Gasteiger partial charge < -0.3 is 0 Å². The van der Waals surface area contributed by atoms with Crippen LogP contribution in [0, 0.1) is 30.9 Å². The van der Waals surface area contributed by atoms with Crippen LogP contribution in [-0.2, 0) is 27.7 Å². The van der Waals surface area contributed by atoms with Crippen molar-refractivity contribution in [1.82, 2.24) is 0 Å². The highest BCUT2D eigenvalue weighted by Gasteiger charge is 2.18. The van der Waals surface area contributed by atoms with Gasteiger partial charge >= 0.3 is 0 Å². The van der Waals surface area contributed by atoms with Crippen LogP contribution in [0.2, 0.25) is 0 Å². The third kappa shape index (κ3) is 5.59. The number of non-ortho nitro benzene ring substituents is 1. The van der Waals surface area contributed by atoms with Gasteiger partial charge in [0.05, 0.1) is 15.5 Å². The molecule has 0 aliphatic carbocycles. The van der Waals surface area contributed by atoms with E-state index in [9.17, 15) is 23.3 Å². The zero-order chi connectivity index (χ0) is 23.5. The summed E-state index contributed by atoms with van der Waals surface area (Å²) in [6, 6.07) is 16.0. The van der Waals surface area contributed by atoms with Crippen molar-refractivity contribution in [2.75, 3.05) is 4.72 Å². The van der Waals surface area contributed by atoms with Crippen LogP contribution in [0.15, 0.2) is 65.6 Å². The Bertz CT molecular complexity index is 1280. The largest absolute Gasteiger partial charge is 0.299 e. The molecule has 0 aliphatic rings. The van der Waals surface area contributed by atoms with Crippen LogP contribution in [0.1, 0.15) is 27.8 Å². The zero-order valence-electron chi connectivity index (χ0n) is 18.1. The maximum atomic E-state index is 12.9. The molecule has 0 bridgehead atoms. The number of sulfonamides is 1. The van der Waals surface area contributed by atoms with E-state index in [0.717, 1.165) is 16.7 Å². The molecule has 0 spiro atoms. The number of anilines is 1. The fourth-order valence-electron chi connectivity index (χ4n) is 3.32. The van der Waals surface area contributed by atoms with E-state index in [1.807, 2.05) is 20.8 Å². The quantitative estimate of drug-likeness (QED) is 0.395. The lowest BCUT2D eigenvalue weighted by atomic mass is 9.98. The van der Waals surface area contributed by atoms with Gasteiger partial charge in [-0.1, -0.05) is 35.9 Å². The third-order valence-corrected chi connectivity index (χ3v) is 6.59. The van der Waals surface area contributed by atoms with Gasteiger partial charge in [0.15, 0.2) is 0 Å². The molecule has 0 fully saturated rings. The number of hydrogen-bond donors (Lipinski definition) is 1. The Balaban J connectivity index is 1.86. The maximum Gasteiger partial charge on any atom is 0.269 e. The van der Waals surface area contributed by atoms with Crippen LogP contribution < -0.4 is 4.72 Å². The highest BCUT2D eigenvalue weighted by Crippen LogP contribution is 2.25. The number of carbonyl (C=O) groups is 1. The number of nitro groups is 1. The molecule has 3 aromatic rings. The van der Waals surface area contributed by atoms with Crippen LogP contribution >= 0.6 is 0 Å². The van der Waals surface area contributed by atoms with Crippen molar-refractivity contribution >= 4 is 27.2 Å². The molecular formula is C24H24N2O5S. The summed E-state index contributed by atoms with van der Waals surface area (Å²) in [7, 11) is -3.83. The molecule has 32 heavy (non-hydrogen) atoms. The van der Waals surface area contributed by atoms with Crippen molar-refractivity contribution in [3.8, 4) is 0 Å². The van der Waals surface area contributed by atoms with Crippen LogP contribution in [0.5, 0.6) is 0 Å². The van der Waals surface area contributed by atoms with Crippen LogP contribution in [0.4, 0.5) is 11.4 Å². The smallest absolute Gasteiger partial charge is 0.269 e. The van der Waals surface area contributed by atoms with E-state index in [4.69, 9.17) is 0 Å². The van der Waals surface area contributed by atoms with Gasteiger partial charge in [-0.25, -0.2) is 8.42 Å². The minimum absolute atomic E-state index is 0.00440. The van der Waals surface area contributed by atoms with E-state index >= 15 is 0 Å². The normalized spacial score (nSPS) is 11.2. The van der Waals surface area contributed by atoms with Crippen LogP contribution in [0.3, 0.4) is 0 Å². The van der Waals surface area contributed by atoms with Gasteiger partial charge in [0.25, 0.3) is 15.7 Å². The zero-order valence-corrected chi connectivity index (χ0v) is 18.9. The Morgan fingerprint density at radius 3 is 2.25 bits per heavy atom. The van der Waals surface area contributed by atoms with E-state index in [1.54, 1.807) is 30.3 Å². The molecule has 1 N–H and O–H groups in total. The summed E-state index contributed by atoms with van der Waals surface area (Å²) in [5, 5.41) is 11.0. The van der Waals surface area contributed by atoms with Crippen molar-refractivity contribution in [2.45, 2.75) is 38.5 Å². The molecule has 7 nitrogen and oxygen atoms in total. The molecule has 0 heterocycles. The molecule has 0 radical (unpaired) electrons. The van der Waals surface area contributed by atoms with Crippen molar-refractivity contribution < 1.29 is 18.1 Å². The van der Waals surface area contributed by atoms with Crippen molar-refractivity contribution in [3.05, 3.63) is 98.6 Å². The summed E-state index contributed by atoms with van der Waals surface area (Å²) in [6.07, 6.45) is 0.00825. The Morgan fingerprint density at radius 2 is 1.59 bits per heavy atom. The highest BCUT2D eigenvalue weighted by molar-refractivity contribution is 7.92. The van der Waals surface area contributed by atoms with Crippen LogP contribution in [0.25, 0.3) is 0 Å². The summed E-state index contributed by atoms with van der Waals surface area (Å²) in [6.45, 7) is 5.63. The molecule has 0 atom stereocenters. The fraction of sp³-hybridized carbons (Fsp3) is 0.208. The van der Waals surface area contributed by atoms with Gasteiger partial charge in [-0.3, -0.25) is 19.6 Å². The lowest BCUT2D eigenvalue weighted by Crippen LogP contribution is -2.16. The summed E-state index contributed by atoms with van der Waals surface area (Å²) >= 11 is 0. The van der Waals surface area contributed by atoms with Gasteiger partial charge in [-0.05, 0) is 61.2 Å². The molecule has 0 amide bonds. The first-order valence-corrected chi connectivity index (χ1v) is 11.5. The summed E-state index contributed by atoms with van der Waals surface area (Å²) in [5.41, 5.74) is 4.13. The minimum atomic E-state index is -3.83. The minimum Gasteiger partial charge on any atom is -0.299 e. The number of aryl methyl sites for hydroxylation is 3. The first-order chi connectivity index (χ1) is 15.0. The second-order valence-corrected chi connectivity index (χ2v) is 9.51. The van der Waals surface area contributed by atoms with E-state index in [2.05, 4.69) is 4.72 Å². The number of Topliss-reactive ketones (excluding diaryl/α,β-unsaturated/α-hetero) is 1. The number of hydrogen-bond acceptors (Lipinski definition) is 5.